The van der Waals surface area contributed by atoms with E-state index in [4.69, 9.17) is 0 Å². The lowest BCUT2D eigenvalue weighted by atomic mass is 10.2. The smallest absolute Gasteiger partial charge is 0.271 e. The molecule has 3 aromatic carbocycles. The maximum Gasteiger partial charge on any atom is 0.271 e. The average Bonchev–Trinajstić information content (AvgIpc) is 2.69. The van der Waals surface area contributed by atoms with Gasteiger partial charge < -0.3 is 10.4 Å². The third-order valence-corrected chi connectivity index (χ3v) is 4.46. The Morgan fingerprint density at radius 2 is 1.90 bits per heavy atom. The molecule has 0 radical (unpaired) electrons. The van der Waals surface area contributed by atoms with E-state index in [1.54, 1.807) is 24.3 Å². The number of hydrogen-bond donors (Lipinski definition) is 2. The number of nitrogens with zero attached hydrogens (tertiary/aromatic N) is 2. The Balaban J connectivity index is 1.80. The second-order valence-corrected chi connectivity index (χ2v) is 6.75. The highest BCUT2D eigenvalue weighted by Gasteiger charge is 2.13. The fourth-order valence-corrected chi connectivity index (χ4v) is 2.89. The first-order chi connectivity index (χ1) is 13.8. The van der Waals surface area contributed by atoms with Gasteiger partial charge in [-0.25, -0.2) is 4.39 Å². The SMILES string of the molecule is O=C(Nc1cccc(N=Cc2cc([N+](=O)[O-])cc(Br)c2O)c1)c1ccc(F)cc1. The lowest BCUT2D eigenvalue weighted by Gasteiger charge is -2.06. The number of non-ortho nitro benzene ring substituents is 1. The molecule has 0 aliphatic carbocycles. The van der Waals surface area contributed by atoms with Gasteiger partial charge in [0.2, 0.25) is 0 Å². The molecule has 146 valence electrons. The molecule has 0 atom stereocenters. The monoisotopic (exact) mass is 457 g/mol. The first-order valence-corrected chi connectivity index (χ1v) is 9.01. The van der Waals surface area contributed by atoms with Crippen LogP contribution >= 0.6 is 15.9 Å². The topological polar surface area (TPSA) is 105 Å². The van der Waals surface area contributed by atoms with E-state index in [0.29, 0.717) is 16.9 Å². The molecule has 3 aromatic rings. The summed E-state index contributed by atoms with van der Waals surface area (Å²) in [6, 6.07) is 14.1. The highest BCUT2D eigenvalue weighted by molar-refractivity contribution is 9.10. The van der Waals surface area contributed by atoms with Crippen LogP contribution in [0.5, 0.6) is 5.75 Å². The van der Waals surface area contributed by atoms with Crippen molar-refractivity contribution in [2.75, 3.05) is 5.32 Å². The van der Waals surface area contributed by atoms with Crippen molar-refractivity contribution in [2.45, 2.75) is 0 Å². The number of aromatic hydroxyl groups is 1. The molecule has 0 aliphatic rings. The van der Waals surface area contributed by atoms with Crippen molar-refractivity contribution >= 4 is 45.1 Å². The maximum atomic E-state index is 13.0. The van der Waals surface area contributed by atoms with Gasteiger partial charge in [-0.1, -0.05) is 6.07 Å². The summed E-state index contributed by atoms with van der Waals surface area (Å²) in [4.78, 5) is 26.8. The molecule has 0 unspecified atom stereocenters. The second-order valence-electron chi connectivity index (χ2n) is 5.89. The molecular formula is C20H13BrFN3O4. The summed E-state index contributed by atoms with van der Waals surface area (Å²) >= 11 is 3.07. The summed E-state index contributed by atoms with van der Waals surface area (Å²) in [7, 11) is 0. The molecule has 29 heavy (non-hydrogen) atoms. The summed E-state index contributed by atoms with van der Waals surface area (Å²) in [6.45, 7) is 0. The first kappa shape index (κ1) is 20.2. The van der Waals surface area contributed by atoms with Crippen molar-refractivity contribution < 1.29 is 19.2 Å². The van der Waals surface area contributed by atoms with Gasteiger partial charge in [0.15, 0.2) is 0 Å². The van der Waals surface area contributed by atoms with Gasteiger partial charge in [0.1, 0.15) is 11.6 Å². The summed E-state index contributed by atoms with van der Waals surface area (Å²) in [6.07, 6.45) is 1.29. The zero-order valence-corrected chi connectivity index (χ0v) is 16.3. The molecule has 0 saturated carbocycles. The van der Waals surface area contributed by atoms with Gasteiger partial charge >= 0.3 is 0 Å². The van der Waals surface area contributed by atoms with Crippen LogP contribution in [0.2, 0.25) is 0 Å². The third-order valence-electron chi connectivity index (χ3n) is 3.85. The van der Waals surface area contributed by atoms with Crippen LogP contribution in [0.25, 0.3) is 0 Å². The number of halogens is 2. The Morgan fingerprint density at radius 1 is 1.17 bits per heavy atom. The van der Waals surface area contributed by atoms with Crippen LogP contribution in [0.1, 0.15) is 15.9 Å². The molecule has 0 bridgehead atoms. The molecule has 0 aliphatic heterocycles. The predicted molar refractivity (Wildman–Crippen MR) is 111 cm³/mol. The molecule has 2 N–H and O–H groups in total. The molecule has 0 heterocycles. The van der Waals surface area contributed by atoms with E-state index in [1.807, 2.05) is 0 Å². The van der Waals surface area contributed by atoms with Crippen LogP contribution < -0.4 is 5.32 Å². The van der Waals surface area contributed by atoms with E-state index in [2.05, 4.69) is 26.2 Å². The first-order valence-electron chi connectivity index (χ1n) is 8.21. The predicted octanol–water partition coefficient (Wildman–Crippen LogP) is 5.20. The van der Waals surface area contributed by atoms with Crippen molar-refractivity contribution in [1.82, 2.24) is 0 Å². The fraction of sp³-hybridized carbons (Fsp3) is 0. The number of phenolic OH excluding ortho intramolecular Hbond substituents is 1. The van der Waals surface area contributed by atoms with Gasteiger partial charge in [-0.05, 0) is 58.4 Å². The highest BCUT2D eigenvalue weighted by Crippen LogP contribution is 2.32. The zero-order valence-electron chi connectivity index (χ0n) is 14.7. The Labute approximate surface area is 172 Å². The number of carbonyl (C=O) groups is 1. The van der Waals surface area contributed by atoms with Crippen molar-refractivity contribution in [2.24, 2.45) is 4.99 Å². The quantitative estimate of drug-likeness (QED) is 0.311. The minimum Gasteiger partial charge on any atom is -0.506 e. The molecule has 0 fully saturated rings. The number of aliphatic imine (C=N–C) groups is 1. The lowest BCUT2D eigenvalue weighted by molar-refractivity contribution is -0.385. The van der Waals surface area contributed by atoms with E-state index >= 15 is 0 Å². The van der Waals surface area contributed by atoms with Gasteiger partial charge in [-0.2, -0.15) is 0 Å². The number of phenols is 1. The summed E-state index contributed by atoms with van der Waals surface area (Å²) < 4.78 is 13.1. The van der Waals surface area contributed by atoms with Gasteiger partial charge in [-0.15, -0.1) is 0 Å². The highest BCUT2D eigenvalue weighted by atomic mass is 79.9. The van der Waals surface area contributed by atoms with Gasteiger partial charge in [0.25, 0.3) is 11.6 Å². The second kappa shape index (κ2) is 8.61. The fourth-order valence-electron chi connectivity index (χ4n) is 2.42. The van der Waals surface area contributed by atoms with Crippen molar-refractivity contribution in [3.8, 4) is 5.75 Å². The van der Waals surface area contributed by atoms with Crippen molar-refractivity contribution in [3.05, 3.63) is 92.2 Å². The molecule has 3 rings (SSSR count). The van der Waals surface area contributed by atoms with E-state index in [9.17, 15) is 24.4 Å². The minimum atomic E-state index is -0.576. The molecular weight excluding hydrogens is 445 g/mol. The summed E-state index contributed by atoms with van der Waals surface area (Å²) in [5.74, 6) is -1.03. The van der Waals surface area contributed by atoms with Crippen molar-refractivity contribution in [1.29, 1.82) is 0 Å². The Bertz CT molecular complexity index is 1120. The van der Waals surface area contributed by atoms with Crippen molar-refractivity contribution in [3.63, 3.8) is 0 Å². The van der Waals surface area contributed by atoms with Crippen LogP contribution in [-0.4, -0.2) is 22.2 Å². The largest absolute Gasteiger partial charge is 0.506 e. The van der Waals surface area contributed by atoms with Crippen LogP contribution in [0.3, 0.4) is 0 Å². The van der Waals surface area contributed by atoms with Gasteiger partial charge in [-0.3, -0.25) is 19.9 Å². The Morgan fingerprint density at radius 3 is 2.59 bits per heavy atom. The number of rotatable bonds is 5. The Kier molecular flexibility index (Phi) is 5.99. The van der Waals surface area contributed by atoms with E-state index in [-0.39, 0.29) is 21.5 Å². The molecule has 0 saturated heterocycles. The minimum absolute atomic E-state index is 0.159. The Hall–Kier alpha value is -3.59. The van der Waals surface area contributed by atoms with Gasteiger partial charge in [0, 0.05) is 35.2 Å². The van der Waals surface area contributed by atoms with Crippen LogP contribution in [0, 0.1) is 15.9 Å². The number of nitrogens with one attached hydrogen (secondary N) is 1. The van der Waals surface area contributed by atoms with Crippen LogP contribution in [-0.2, 0) is 0 Å². The number of hydrogen-bond acceptors (Lipinski definition) is 5. The number of carbonyl (C=O) groups excluding carboxylic acids is 1. The molecule has 0 spiro atoms. The molecule has 9 heteroatoms. The van der Waals surface area contributed by atoms with Gasteiger partial charge in [0.05, 0.1) is 15.1 Å². The van der Waals surface area contributed by atoms with E-state index < -0.39 is 16.6 Å². The van der Waals surface area contributed by atoms with Crippen LogP contribution in [0.4, 0.5) is 21.5 Å². The third kappa shape index (κ3) is 5.02. The standard InChI is InChI=1S/C20H13BrFN3O4/c21-18-10-17(25(28)29)8-13(19(18)26)11-23-15-2-1-3-16(9-15)24-20(27)12-4-6-14(22)7-5-12/h1-11,26H,(H,24,27). The normalized spacial score (nSPS) is 10.8. The molecule has 7 nitrogen and oxygen atoms in total. The number of nitro benzene ring substituents is 1. The van der Waals surface area contributed by atoms with E-state index in [1.165, 1.54) is 42.6 Å². The summed E-state index contributed by atoms with van der Waals surface area (Å²) in [5.41, 5.74) is 1.16. The van der Waals surface area contributed by atoms with E-state index in [0.717, 1.165) is 0 Å². The average molecular weight is 458 g/mol. The summed E-state index contributed by atoms with van der Waals surface area (Å²) in [5, 5.41) is 23.7. The zero-order chi connectivity index (χ0) is 21.0. The maximum absolute atomic E-state index is 13.0. The number of amides is 1. The number of anilines is 1. The molecule has 1 amide bonds. The number of benzene rings is 3. The number of nitro groups is 1. The molecule has 0 aromatic heterocycles. The lowest BCUT2D eigenvalue weighted by Crippen LogP contribution is -2.11. The van der Waals surface area contributed by atoms with Crippen LogP contribution in [0.15, 0.2) is 70.1 Å².